The van der Waals surface area contributed by atoms with E-state index < -0.39 is 35.6 Å². The van der Waals surface area contributed by atoms with Gasteiger partial charge in [0.2, 0.25) is 0 Å². The molecule has 1 aliphatic rings. The van der Waals surface area contributed by atoms with E-state index in [2.05, 4.69) is 11.1 Å². The van der Waals surface area contributed by atoms with E-state index in [1.54, 1.807) is 33.0 Å². The average molecular weight is 458 g/mol. The Bertz CT molecular complexity index is 845. The number of Topliss-reactive ketones (excluding diaryl/α,β-unsaturated/α-hetero) is 1. The van der Waals surface area contributed by atoms with E-state index in [1.165, 1.54) is 5.57 Å². The molecule has 1 aromatic rings. The molecule has 2 N–H and O–H groups in total. The maximum atomic E-state index is 13.1. The van der Waals surface area contributed by atoms with Crippen LogP contribution in [0.3, 0.4) is 0 Å². The Morgan fingerprint density at radius 2 is 1.91 bits per heavy atom. The Balaban J connectivity index is 2.27. The molecule has 2 heterocycles. The number of carbonyl (C=O) groups excluding carboxylic acids is 2. The lowest BCUT2D eigenvalue weighted by Gasteiger charge is -2.34. The van der Waals surface area contributed by atoms with Crippen molar-refractivity contribution >= 4 is 17.8 Å². The van der Waals surface area contributed by atoms with Crippen LogP contribution < -0.4 is 0 Å². The summed E-state index contributed by atoms with van der Waals surface area (Å²) in [5.41, 5.74) is 0.752. The number of cyclic esters (lactones) is 1. The van der Waals surface area contributed by atoms with Crippen molar-refractivity contribution in [3.05, 3.63) is 47.8 Å². The van der Waals surface area contributed by atoms with Crippen LogP contribution in [0.5, 0.6) is 0 Å². The van der Waals surface area contributed by atoms with Crippen LogP contribution in [0.15, 0.2) is 42.1 Å². The number of aromatic nitrogens is 1. The number of hydrogen-bond donors (Lipinski definition) is 2. The molecule has 33 heavy (non-hydrogen) atoms. The summed E-state index contributed by atoms with van der Waals surface area (Å²) in [6.07, 6.45) is 7.63. The highest BCUT2D eigenvalue weighted by Crippen LogP contribution is 2.32. The molecule has 0 radical (unpaired) electrons. The summed E-state index contributed by atoms with van der Waals surface area (Å²) in [5, 5.41) is 21.5. The first-order valence-electron chi connectivity index (χ1n) is 11.9. The maximum absolute atomic E-state index is 13.1. The maximum Gasteiger partial charge on any atom is 0.309 e. The molecule has 1 aliphatic heterocycles. The highest BCUT2D eigenvalue weighted by molar-refractivity contribution is 5.88. The summed E-state index contributed by atoms with van der Waals surface area (Å²) in [6, 6.07) is 5.58. The standard InChI is InChI=1S/C27H39NO5/c1-18-9-8-10-19(2)25(31)20(3)26(32)27(4,5)23(29)17-24(30)33-22(14-12-18)15-13-21-11-6-7-16-28-21/h6-7,11-13,15-16,19-20,22-23,25,29,31H,8-10,14,17H2,1-5H3/b15-13?,18-12-/t19-,20+,22-,23-,25-/m0/s1. The number of allylic oxidation sites excluding steroid dienone is 1. The number of rotatable bonds is 2. The quantitative estimate of drug-likeness (QED) is 0.501. The minimum absolute atomic E-state index is 0.0448. The van der Waals surface area contributed by atoms with E-state index in [0.717, 1.165) is 25.0 Å². The molecule has 0 saturated heterocycles. The van der Waals surface area contributed by atoms with E-state index >= 15 is 0 Å². The third-order valence-corrected chi connectivity index (χ3v) is 6.72. The molecule has 0 unspecified atom stereocenters. The number of ether oxygens (including phenoxy) is 1. The molecule has 6 heteroatoms. The SMILES string of the molecule is C/C1=C/C[C@@H](C=Cc2ccccn2)OC(=O)C[C@H](O)C(C)(C)C(=O)[C@H](C)[C@@H](O)[C@@H](C)CCC1. The van der Waals surface area contributed by atoms with Gasteiger partial charge in [-0.15, -0.1) is 0 Å². The first-order valence-corrected chi connectivity index (χ1v) is 11.9. The van der Waals surface area contributed by atoms with Crippen LogP contribution in [-0.4, -0.2) is 45.3 Å². The van der Waals surface area contributed by atoms with E-state index in [9.17, 15) is 19.8 Å². The van der Waals surface area contributed by atoms with Crippen molar-refractivity contribution < 1.29 is 24.5 Å². The highest BCUT2D eigenvalue weighted by atomic mass is 16.5. The zero-order chi connectivity index (χ0) is 24.6. The van der Waals surface area contributed by atoms with Gasteiger partial charge in [0.1, 0.15) is 11.9 Å². The Kier molecular flexibility index (Phi) is 9.99. The van der Waals surface area contributed by atoms with E-state index in [4.69, 9.17) is 4.74 Å². The second kappa shape index (κ2) is 12.2. The number of carbonyl (C=O) groups is 2. The third kappa shape index (κ3) is 7.90. The van der Waals surface area contributed by atoms with Gasteiger partial charge in [0.15, 0.2) is 0 Å². The van der Waals surface area contributed by atoms with Gasteiger partial charge in [-0.3, -0.25) is 14.6 Å². The highest BCUT2D eigenvalue weighted by Gasteiger charge is 2.42. The second-order valence-electron chi connectivity index (χ2n) is 9.88. The largest absolute Gasteiger partial charge is 0.458 e. The second-order valence-corrected chi connectivity index (χ2v) is 9.88. The number of pyridine rings is 1. The summed E-state index contributed by atoms with van der Waals surface area (Å²) in [4.78, 5) is 30.0. The molecule has 0 bridgehead atoms. The van der Waals surface area contributed by atoms with E-state index in [0.29, 0.717) is 6.42 Å². The lowest BCUT2D eigenvalue weighted by atomic mass is 9.73. The summed E-state index contributed by atoms with van der Waals surface area (Å²) >= 11 is 0. The zero-order valence-electron chi connectivity index (χ0n) is 20.5. The van der Waals surface area contributed by atoms with Gasteiger partial charge in [-0.1, -0.05) is 45.4 Å². The molecule has 0 aliphatic carbocycles. The first kappa shape index (κ1) is 26.9. The van der Waals surface area contributed by atoms with Gasteiger partial charge in [0.05, 0.1) is 29.7 Å². The average Bonchev–Trinajstić information content (AvgIpc) is 2.79. The molecule has 1 aromatic heterocycles. The minimum atomic E-state index is -1.21. The summed E-state index contributed by atoms with van der Waals surface area (Å²) < 4.78 is 5.67. The first-order chi connectivity index (χ1) is 15.5. The molecule has 2 rings (SSSR count). The van der Waals surface area contributed by atoms with Crippen LogP contribution in [-0.2, 0) is 14.3 Å². The van der Waals surface area contributed by atoms with E-state index in [1.807, 2.05) is 38.1 Å². The van der Waals surface area contributed by atoms with Gasteiger partial charge in [0.25, 0.3) is 0 Å². The molecule has 0 spiro atoms. The van der Waals surface area contributed by atoms with Crippen LogP contribution in [0.4, 0.5) is 0 Å². The fourth-order valence-electron chi connectivity index (χ4n) is 4.17. The van der Waals surface area contributed by atoms with Crippen molar-refractivity contribution in [1.82, 2.24) is 4.98 Å². The summed E-state index contributed by atoms with van der Waals surface area (Å²) in [7, 11) is 0. The predicted molar refractivity (Wildman–Crippen MR) is 129 cm³/mol. The molecule has 5 atom stereocenters. The normalized spacial score (nSPS) is 32.2. The number of nitrogens with zero attached hydrogens (tertiary/aromatic N) is 1. The Hall–Kier alpha value is -2.31. The minimum Gasteiger partial charge on any atom is -0.458 e. The van der Waals surface area contributed by atoms with Gasteiger partial charge in [-0.05, 0) is 56.4 Å². The number of ketones is 1. The molecule has 0 saturated carbocycles. The van der Waals surface area contributed by atoms with Crippen molar-refractivity contribution in [3.8, 4) is 0 Å². The number of aliphatic hydroxyl groups is 2. The molecule has 0 amide bonds. The number of hydrogen-bond acceptors (Lipinski definition) is 6. The topological polar surface area (TPSA) is 96.7 Å². The summed E-state index contributed by atoms with van der Waals surface area (Å²) in [5.74, 6) is -1.51. The van der Waals surface area contributed by atoms with Crippen molar-refractivity contribution in [3.63, 3.8) is 0 Å². The van der Waals surface area contributed by atoms with Crippen LogP contribution in [0.1, 0.15) is 72.4 Å². The Morgan fingerprint density at radius 3 is 2.58 bits per heavy atom. The molecule has 0 aromatic carbocycles. The van der Waals surface area contributed by atoms with Crippen molar-refractivity contribution in [2.45, 2.75) is 85.0 Å². The lowest BCUT2D eigenvalue weighted by Crippen LogP contribution is -2.45. The predicted octanol–water partition coefficient (Wildman–Crippen LogP) is 4.51. The van der Waals surface area contributed by atoms with Crippen LogP contribution >= 0.6 is 0 Å². The molecule has 0 fully saturated rings. The molecule has 6 nitrogen and oxygen atoms in total. The van der Waals surface area contributed by atoms with Gasteiger partial charge < -0.3 is 14.9 Å². The number of esters is 1. The van der Waals surface area contributed by atoms with Gasteiger partial charge in [0, 0.05) is 18.5 Å². The number of aliphatic hydroxyl groups excluding tert-OH is 2. The Morgan fingerprint density at radius 1 is 1.18 bits per heavy atom. The van der Waals surface area contributed by atoms with Crippen LogP contribution in [0.25, 0.3) is 6.08 Å². The monoisotopic (exact) mass is 457 g/mol. The van der Waals surface area contributed by atoms with Crippen LogP contribution in [0, 0.1) is 17.3 Å². The fraction of sp³-hybridized carbons (Fsp3) is 0.593. The van der Waals surface area contributed by atoms with Gasteiger partial charge >= 0.3 is 5.97 Å². The summed E-state index contributed by atoms with van der Waals surface area (Å²) in [6.45, 7) is 8.94. The molecular formula is C27H39NO5. The smallest absolute Gasteiger partial charge is 0.309 e. The van der Waals surface area contributed by atoms with Crippen molar-refractivity contribution in [1.29, 1.82) is 0 Å². The van der Waals surface area contributed by atoms with Crippen molar-refractivity contribution in [2.75, 3.05) is 0 Å². The lowest BCUT2D eigenvalue weighted by molar-refractivity contribution is -0.153. The fourth-order valence-corrected chi connectivity index (χ4v) is 4.17. The van der Waals surface area contributed by atoms with E-state index in [-0.39, 0.29) is 18.1 Å². The van der Waals surface area contributed by atoms with Crippen LogP contribution in [0.2, 0.25) is 0 Å². The zero-order valence-corrected chi connectivity index (χ0v) is 20.5. The molecular weight excluding hydrogens is 418 g/mol. The third-order valence-electron chi connectivity index (χ3n) is 6.72. The Labute approximate surface area is 197 Å². The van der Waals surface area contributed by atoms with Crippen molar-refractivity contribution in [2.24, 2.45) is 17.3 Å². The van der Waals surface area contributed by atoms with Gasteiger partial charge in [-0.25, -0.2) is 0 Å². The molecule has 182 valence electrons. The van der Waals surface area contributed by atoms with Gasteiger partial charge in [-0.2, -0.15) is 0 Å².